The Morgan fingerprint density at radius 1 is 1.21 bits per heavy atom. The van der Waals surface area contributed by atoms with Crippen LogP contribution in [0.2, 0.25) is 0 Å². The van der Waals surface area contributed by atoms with Gasteiger partial charge in [-0.2, -0.15) is 0 Å². The molecule has 0 unspecified atom stereocenters. The van der Waals surface area contributed by atoms with Crippen LogP contribution < -0.4 is 15.1 Å². The van der Waals surface area contributed by atoms with E-state index in [0.717, 1.165) is 36.0 Å². The van der Waals surface area contributed by atoms with Crippen LogP contribution in [-0.4, -0.2) is 23.6 Å². The summed E-state index contributed by atoms with van der Waals surface area (Å²) in [6.07, 6.45) is 2.45. The Balaban J connectivity index is 1.69. The van der Waals surface area contributed by atoms with E-state index < -0.39 is 0 Å². The Morgan fingerprint density at radius 3 is 2.38 bits per heavy atom. The minimum absolute atomic E-state index is 0.118. The van der Waals surface area contributed by atoms with Crippen molar-refractivity contribution >= 4 is 28.6 Å². The molecule has 128 valence electrons. The lowest BCUT2D eigenvalue weighted by molar-refractivity contribution is 0.102. The molecule has 0 bridgehead atoms. The lowest BCUT2D eigenvalue weighted by Crippen LogP contribution is -2.32. The number of aromatic nitrogens is 1. The molecule has 0 aliphatic carbocycles. The summed E-state index contributed by atoms with van der Waals surface area (Å²) in [6, 6.07) is 7.94. The Kier molecular flexibility index (Phi) is 4.76. The van der Waals surface area contributed by atoms with Crippen LogP contribution >= 0.6 is 11.3 Å². The second kappa shape index (κ2) is 6.81. The van der Waals surface area contributed by atoms with Crippen molar-refractivity contribution in [1.82, 2.24) is 4.57 Å². The number of piperidine rings is 1. The highest BCUT2D eigenvalue weighted by Gasteiger charge is 2.17. The maximum Gasteiger partial charge on any atom is 0.307 e. The van der Waals surface area contributed by atoms with Crippen LogP contribution in [0.5, 0.6) is 0 Å². The third-order valence-electron chi connectivity index (χ3n) is 4.78. The Hall–Kier alpha value is -2.08. The minimum Gasteiger partial charge on any atom is -0.372 e. The molecule has 0 spiro atoms. The Morgan fingerprint density at radius 2 is 1.83 bits per heavy atom. The van der Waals surface area contributed by atoms with E-state index in [-0.39, 0.29) is 10.8 Å². The van der Waals surface area contributed by atoms with E-state index in [1.807, 2.05) is 24.3 Å². The molecule has 3 rings (SSSR count). The zero-order valence-electron chi connectivity index (χ0n) is 14.3. The summed E-state index contributed by atoms with van der Waals surface area (Å²) in [5, 5.41) is 2.88. The number of benzene rings is 1. The van der Waals surface area contributed by atoms with Crippen molar-refractivity contribution in [2.45, 2.75) is 26.7 Å². The molecular formula is C18H23N3O2S. The van der Waals surface area contributed by atoms with E-state index in [9.17, 15) is 9.59 Å². The van der Waals surface area contributed by atoms with Crippen molar-refractivity contribution in [2.24, 2.45) is 13.0 Å². The molecule has 0 atom stereocenters. The van der Waals surface area contributed by atoms with Gasteiger partial charge in [0.25, 0.3) is 5.91 Å². The van der Waals surface area contributed by atoms with Gasteiger partial charge in [-0.15, -0.1) is 0 Å². The summed E-state index contributed by atoms with van der Waals surface area (Å²) < 4.78 is 1.50. The van der Waals surface area contributed by atoms with Crippen molar-refractivity contribution in [1.29, 1.82) is 0 Å². The van der Waals surface area contributed by atoms with E-state index in [0.29, 0.717) is 10.6 Å². The summed E-state index contributed by atoms with van der Waals surface area (Å²) in [7, 11) is 1.68. The molecule has 1 aromatic carbocycles. The molecule has 2 aromatic rings. The van der Waals surface area contributed by atoms with Gasteiger partial charge in [0, 0.05) is 37.2 Å². The number of carbonyl (C=O) groups is 1. The number of carbonyl (C=O) groups excluding carboxylic acids is 1. The van der Waals surface area contributed by atoms with Gasteiger partial charge in [0.1, 0.15) is 4.88 Å². The van der Waals surface area contributed by atoms with Gasteiger partial charge in [0.2, 0.25) is 0 Å². The molecule has 2 heterocycles. The van der Waals surface area contributed by atoms with Gasteiger partial charge in [-0.25, -0.2) is 0 Å². The highest BCUT2D eigenvalue weighted by atomic mass is 32.1. The first-order valence-corrected chi connectivity index (χ1v) is 9.10. The van der Waals surface area contributed by atoms with Crippen molar-refractivity contribution in [3.63, 3.8) is 0 Å². The van der Waals surface area contributed by atoms with E-state index in [1.165, 1.54) is 23.1 Å². The molecule has 0 saturated carbocycles. The molecule has 1 amide bonds. The first kappa shape index (κ1) is 16.8. The van der Waals surface area contributed by atoms with Gasteiger partial charge in [-0.1, -0.05) is 18.3 Å². The second-order valence-electron chi connectivity index (χ2n) is 6.51. The number of nitrogens with zero attached hydrogens (tertiary/aromatic N) is 2. The quantitative estimate of drug-likeness (QED) is 0.929. The largest absolute Gasteiger partial charge is 0.372 e. The minimum atomic E-state index is -0.227. The summed E-state index contributed by atoms with van der Waals surface area (Å²) in [5.74, 6) is 0.579. The molecule has 5 nitrogen and oxygen atoms in total. The van der Waals surface area contributed by atoms with Gasteiger partial charge in [0.05, 0.1) is 0 Å². The lowest BCUT2D eigenvalue weighted by atomic mass is 9.99. The van der Waals surface area contributed by atoms with E-state index in [1.54, 1.807) is 14.0 Å². The average Bonchev–Trinajstić information content (AvgIpc) is 2.84. The van der Waals surface area contributed by atoms with Crippen LogP contribution in [0, 0.1) is 12.8 Å². The second-order valence-corrected chi connectivity index (χ2v) is 7.47. The summed E-state index contributed by atoms with van der Waals surface area (Å²) in [6.45, 7) is 6.26. The first-order valence-electron chi connectivity index (χ1n) is 8.28. The predicted octanol–water partition coefficient (Wildman–Crippen LogP) is 3.24. The lowest BCUT2D eigenvalue weighted by Gasteiger charge is -2.32. The fourth-order valence-corrected chi connectivity index (χ4v) is 3.82. The number of rotatable bonds is 3. The van der Waals surface area contributed by atoms with Crippen LogP contribution in [0.3, 0.4) is 0 Å². The maximum atomic E-state index is 12.4. The molecule has 1 N–H and O–H groups in total. The van der Waals surface area contributed by atoms with Crippen LogP contribution in [0.15, 0.2) is 29.1 Å². The zero-order chi connectivity index (χ0) is 17.3. The number of thiazole rings is 1. The summed E-state index contributed by atoms with van der Waals surface area (Å²) >= 11 is 0.982. The predicted molar refractivity (Wildman–Crippen MR) is 99.3 cm³/mol. The maximum absolute atomic E-state index is 12.4. The van der Waals surface area contributed by atoms with Gasteiger partial charge < -0.3 is 14.8 Å². The molecule has 6 heteroatoms. The average molecular weight is 345 g/mol. The van der Waals surface area contributed by atoms with E-state index in [4.69, 9.17) is 0 Å². The number of amides is 1. The molecule has 24 heavy (non-hydrogen) atoms. The molecule has 1 saturated heterocycles. The summed E-state index contributed by atoms with van der Waals surface area (Å²) in [4.78, 5) is 26.8. The third-order valence-corrected chi connectivity index (χ3v) is 5.91. The van der Waals surface area contributed by atoms with E-state index in [2.05, 4.69) is 17.1 Å². The van der Waals surface area contributed by atoms with Crippen molar-refractivity contribution in [2.75, 3.05) is 23.3 Å². The fourth-order valence-electron chi connectivity index (χ4n) is 2.94. The normalized spacial score (nSPS) is 15.5. The Bertz CT molecular complexity index is 784. The molecule has 1 aliphatic rings. The Labute approximate surface area is 145 Å². The highest BCUT2D eigenvalue weighted by molar-refractivity contribution is 7.11. The van der Waals surface area contributed by atoms with Crippen LogP contribution in [-0.2, 0) is 7.05 Å². The molecule has 1 aromatic heterocycles. The molecular weight excluding hydrogens is 322 g/mol. The van der Waals surface area contributed by atoms with Gasteiger partial charge >= 0.3 is 4.87 Å². The number of anilines is 2. The fraction of sp³-hybridized carbons (Fsp3) is 0.444. The standard InChI is InChI=1S/C18H23N3O2S/c1-12-8-10-21(11-9-12)15-6-4-14(5-7-15)19-17(22)16-13(2)20(3)18(23)24-16/h4-7,12H,8-11H2,1-3H3,(H,19,22). The van der Waals surface area contributed by atoms with Crippen molar-refractivity contribution in [3.05, 3.63) is 44.5 Å². The zero-order valence-corrected chi connectivity index (χ0v) is 15.2. The van der Waals surface area contributed by atoms with Crippen LogP contribution in [0.25, 0.3) is 0 Å². The monoisotopic (exact) mass is 345 g/mol. The third kappa shape index (κ3) is 3.38. The molecule has 1 aliphatic heterocycles. The highest BCUT2D eigenvalue weighted by Crippen LogP contribution is 2.24. The topological polar surface area (TPSA) is 54.3 Å². The summed E-state index contributed by atoms with van der Waals surface area (Å²) in [5.41, 5.74) is 2.64. The van der Waals surface area contributed by atoms with Crippen molar-refractivity contribution < 1.29 is 4.79 Å². The first-order chi connectivity index (χ1) is 11.5. The number of hydrogen-bond acceptors (Lipinski definition) is 4. The van der Waals surface area contributed by atoms with Gasteiger partial charge in [-0.05, 0) is 49.9 Å². The van der Waals surface area contributed by atoms with Gasteiger partial charge in [-0.3, -0.25) is 9.59 Å². The molecule has 1 fully saturated rings. The van der Waals surface area contributed by atoms with Gasteiger partial charge in [0.15, 0.2) is 0 Å². The van der Waals surface area contributed by atoms with Crippen LogP contribution in [0.1, 0.15) is 35.1 Å². The number of hydrogen-bond donors (Lipinski definition) is 1. The molecule has 0 radical (unpaired) electrons. The number of nitrogens with one attached hydrogen (secondary N) is 1. The van der Waals surface area contributed by atoms with Crippen molar-refractivity contribution in [3.8, 4) is 0 Å². The SMILES string of the molecule is Cc1c(C(=O)Nc2ccc(N3CCC(C)CC3)cc2)sc(=O)n1C. The van der Waals surface area contributed by atoms with Crippen LogP contribution in [0.4, 0.5) is 11.4 Å². The smallest absolute Gasteiger partial charge is 0.307 e. The van der Waals surface area contributed by atoms with E-state index >= 15 is 0 Å².